The molecule has 0 radical (unpaired) electrons. The normalized spacial score (nSPS) is 24.6. The van der Waals surface area contributed by atoms with E-state index in [9.17, 15) is 4.79 Å². The van der Waals surface area contributed by atoms with Crippen LogP contribution in [0.15, 0.2) is 28.2 Å². The summed E-state index contributed by atoms with van der Waals surface area (Å²) in [6.07, 6.45) is 7.50. The lowest BCUT2D eigenvalue weighted by atomic mass is 9.87. The smallest absolute Gasteiger partial charge is 0.223 e. The van der Waals surface area contributed by atoms with Gasteiger partial charge < -0.3 is 16.4 Å². The molecule has 0 unspecified atom stereocenters. The van der Waals surface area contributed by atoms with Gasteiger partial charge in [0, 0.05) is 30.3 Å². The van der Waals surface area contributed by atoms with Gasteiger partial charge in [-0.1, -0.05) is 12.5 Å². The third-order valence-corrected chi connectivity index (χ3v) is 6.65. The third-order valence-electron chi connectivity index (χ3n) is 6.65. The number of benzene rings is 1. The molecule has 4 N–H and O–H groups in total. The number of hydrogen-bond donors (Lipinski definition) is 2. The lowest BCUT2D eigenvalue weighted by Crippen LogP contribution is -2.58. The number of carbonyl (C=O) groups is 1. The van der Waals surface area contributed by atoms with Crippen molar-refractivity contribution in [2.75, 3.05) is 16.3 Å². The number of hydrogen-bond acceptors (Lipinski definition) is 6. The Morgan fingerprint density at radius 1 is 1.11 bits per heavy atom. The van der Waals surface area contributed by atoms with Gasteiger partial charge in [0.25, 0.3) is 0 Å². The van der Waals surface area contributed by atoms with Gasteiger partial charge in [-0.05, 0) is 56.2 Å². The maximum atomic E-state index is 12.2. The first-order valence-electron chi connectivity index (χ1n) is 9.87. The fourth-order valence-electron chi connectivity index (χ4n) is 5.16. The highest BCUT2D eigenvalue weighted by molar-refractivity contribution is 6.06. The number of nitrogens with zero attached hydrogens (tertiary/aromatic N) is 4. The number of guanidine groups is 2. The lowest BCUT2D eigenvalue weighted by molar-refractivity contribution is -0.116. The topological polar surface area (TPSA) is 100 Å². The van der Waals surface area contributed by atoms with Crippen LogP contribution in [0, 0.1) is 0 Å². The van der Waals surface area contributed by atoms with Gasteiger partial charge in [0.05, 0.1) is 0 Å². The number of amides is 1. The first-order chi connectivity index (χ1) is 12.9. The summed E-state index contributed by atoms with van der Waals surface area (Å²) in [6, 6.07) is 6.38. The van der Waals surface area contributed by atoms with E-state index in [0.29, 0.717) is 5.96 Å². The second-order valence-corrected chi connectivity index (χ2v) is 8.41. The van der Waals surface area contributed by atoms with Gasteiger partial charge in [-0.15, -0.1) is 0 Å². The van der Waals surface area contributed by atoms with Crippen LogP contribution in [0.2, 0.25) is 0 Å². The number of anilines is 2. The first-order valence-corrected chi connectivity index (χ1v) is 9.87. The second kappa shape index (κ2) is 5.47. The van der Waals surface area contributed by atoms with Crippen LogP contribution in [0.1, 0.15) is 57.4 Å². The van der Waals surface area contributed by atoms with E-state index < -0.39 is 5.66 Å². The van der Waals surface area contributed by atoms with Crippen molar-refractivity contribution in [2.24, 2.45) is 21.5 Å². The molecule has 0 saturated heterocycles. The molecule has 1 aromatic rings. The van der Waals surface area contributed by atoms with E-state index in [-0.39, 0.29) is 17.3 Å². The summed E-state index contributed by atoms with van der Waals surface area (Å²) in [5, 5.41) is 0. The van der Waals surface area contributed by atoms with Crippen LogP contribution in [0.3, 0.4) is 0 Å². The molecular formula is C20H26N6O. The molecule has 2 aliphatic heterocycles. The quantitative estimate of drug-likeness (QED) is 0.795. The molecule has 0 aromatic heterocycles. The monoisotopic (exact) mass is 366 g/mol. The maximum Gasteiger partial charge on any atom is 0.223 e. The average Bonchev–Trinajstić information content (AvgIpc) is 3.32. The third kappa shape index (κ3) is 2.37. The molecular weight excluding hydrogens is 340 g/mol. The molecule has 7 nitrogen and oxygen atoms in total. The number of nitrogens with two attached hydrogens (primary N) is 2. The van der Waals surface area contributed by atoms with Crippen LogP contribution in [0.4, 0.5) is 11.4 Å². The van der Waals surface area contributed by atoms with Gasteiger partial charge in [-0.3, -0.25) is 9.69 Å². The van der Waals surface area contributed by atoms with Crippen molar-refractivity contribution in [3.63, 3.8) is 0 Å². The van der Waals surface area contributed by atoms with E-state index in [2.05, 4.69) is 23.2 Å². The van der Waals surface area contributed by atoms with Gasteiger partial charge in [0.1, 0.15) is 5.66 Å². The molecule has 7 heteroatoms. The van der Waals surface area contributed by atoms with Crippen molar-refractivity contribution in [2.45, 2.75) is 62.9 Å². The fraction of sp³-hybridized carbons (Fsp3) is 0.550. The van der Waals surface area contributed by atoms with E-state index in [1.54, 1.807) is 6.92 Å². The summed E-state index contributed by atoms with van der Waals surface area (Å²) in [5.74, 6) is 0.735. The average molecular weight is 366 g/mol. The van der Waals surface area contributed by atoms with Crippen LogP contribution >= 0.6 is 0 Å². The molecule has 2 saturated carbocycles. The molecule has 2 heterocycles. The predicted molar refractivity (Wildman–Crippen MR) is 107 cm³/mol. The Morgan fingerprint density at radius 2 is 1.85 bits per heavy atom. The minimum absolute atomic E-state index is 0.0899. The van der Waals surface area contributed by atoms with Crippen LogP contribution < -0.4 is 21.3 Å². The molecule has 2 spiro atoms. The summed E-state index contributed by atoms with van der Waals surface area (Å²) < 4.78 is 0. The SMILES string of the molecule is CC(=O)N1CC2(CC2)c2ccc(N3C(N)=NC(N)=NC34CCCCC4)cc21. The zero-order valence-electron chi connectivity index (χ0n) is 15.7. The van der Waals surface area contributed by atoms with E-state index in [1.165, 1.54) is 12.0 Å². The van der Waals surface area contributed by atoms with Crippen LogP contribution in [0.5, 0.6) is 0 Å². The Kier molecular flexibility index (Phi) is 3.36. The Bertz CT molecular complexity index is 878. The zero-order chi connectivity index (χ0) is 18.8. The summed E-state index contributed by atoms with van der Waals surface area (Å²) in [6.45, 7) is 2.43. The number of carbonyl (C=O) groups excluding carboxylic acids is 1. The van der Waals surface area contributed by atoms with Crippen LogP contribution in [0.25, 0.3) is 0 Å². The lowest BCUT2D eigenvalue weighted by Gasteiger charge is -2.45. The zero-order valence-corrected chi connectivity index (χ0v) is 15.7. The van der Waals surface area contributed by atoms with Crippen molar-refractivity contribution >= 4 is 29.2 Å². The molecule has 142 valence electrons. The molecule has 27 heavy (non-hydrogen) atoms. The standard InChI is InChI=1S/C20H26N6O/c1-13(27)25-12-19(9-10-19)15-6-5-14(11-16(15)25)26-18(22)23-17(21)24-20(26)7-3-2-4-8-20/h5-6,11H,2-4,7-10,12H2,1H3,(H4,21,22,23,24). The Balaban J connectivity index is 1.61. The number of fused-ring (bicyclic) bond motifs is 2. The molecule has 0 atom stereocenters. The first kappa shape index (κ1) is 16.6. The summed E-state index contributed by atoms with van der Waals surface area (Å²) in [4.78, 5) is 25.2. The van der Waals surface area contributed by atoms with E-state index in [4.69, 9.17) is 16.5 Å². The van der Waals surface area contributed by atoms with Crippen molar-refractivity contribution in [3.8, 4) is 0 Å². The van der Waals surface area contributed by atoms with Crippen molar-refractivity contribution in [1.82, 2.24) is 0 Å². The molecule has 4 aliphatic rings. The maximum absolute atomic E-state index is 12.2. The highest BCUT2D eigenvalue weighted by Gasteiger charge is 2.53. The molecule has 5 rings (SSSR count). The molecule has 2 fully saturated rings. The van der Waals surface area contributed by atoms with Gasteiger partial charge in [-0.25, -0.2) is 4.99 Å². The number of aliphatic imine (C=N–C) groups is 2. The van der Waals surface area contributed by atoms with Crippen molar-refractivity contribution < 1.29 is 4.79 Å². The molecule has 2 aliphatic carbocycles. The second-order valence-electron chi connectivity index (χ2n) is 8.41. The highest BCUT2D eigenvalue weighted by Crippen LogP contribution is 2.57. The van der Waals surface area contributed by atoms with Gasteiger partial charge in [0.2, 0.25) is 17.8 Å². The van der Waals surface area contributed by atoms with E-state index >= 15 is 0 Å². The summed E-state index contributed by atoms with van der Waals surface area (Å²) in [7, 11) is 0. The Hall–Kier alpha value is -2.57. The van der Waals surface area contributed by atoms with E-state index in [0.717, 1.165) is 56.4 Å². The van der Waals surface area contributed by atoms with Gasteiger partial charge in [0.15, 0.2) is 0 Å². The molecule has 1 amide bonds. The Labute approximate surface area is 159 Å². The minimum Gasteiger partial charge on any atom is -0.369 e. The van der Waals surface area contributed by atoms with E-state index in [1.807, 2.05) is 9.80 Å². The highest BCUT2D eigenvalue weighted by atomic mass is 16.2. The summed E-state index contributed by atoms with van der Waals surface area (Å²) >= 11 is 0. The van der Waals surface area contributed by atoms with Crippen molar-refractivity contribution in [1.29, 1.82) is 0 Å². The number of rotatable bonds is 1. The Morgan fingerprint density at radius 3 is 2.52 bits per heavy atom. The van der Waals surface area contributed by atoms with Crippen LogP contribution in [-0.2, 0) is 10.2 Å². The van der Waals surface area contributed by atoms with Crippen molar-refractivity contribution in [3.05, 3.63) is 23.8 Å². The molecule has 1 aromatic carbocycles. The summed E-state index contributed by atoms with van der Waals surface area (Å²) in [5.41, 5.74) is 15.3. The van der Waals surface area contributed by atoms with Gasteiger partial charge >= 0.3 is 0 Å². The largest absolute Gasteiger partial charge is 0.369 e. The minimum atomic E-state index is -0.459. The fourth-order valence-corrected chi connectivity index (χ4v) is 5.16. The molecule has 0 bridgehead atoms. The predicted octanol–water partition coefficient (Wildman–Crippen LogP) is 2.19. The van der Waals surface area contributed by atoms with Crippen LogP contribution in [-0.4, -0.2) is 30.0 Å². The van der Waals surface area contributed by atoms with Gasteiger partial charge in [-0.2, -0.15) is 4.99 Å².